The fourth-order valence-electron chi connectivity index (χ4n) is 4.93. The Hall–Kier alpha value is -3.93. The van der Waals surface area contributed by atoms with Gasteiger partial charge in [-0.2, -0.15) is 13.2 Å². The number of aromatic amines is 1. The maximum atomic E-state index is 14.1. The summed E-state index contributed by atoms with van der Waals surface area (Å²) in [7, 11) is 0. The van der Waals surface area contributed by atoms with Gasteiger partial charge in [0.1, 0.15) is 23.8 Å². The number of H-pyrrole nitrogens is 1. The Morgan fingerprint density at radius 3 is 2.42 bits per heavy atom. The summed E-state index contributed by atoms with van der Waals surface area (Å²) in [5.74, 6) is -3.47. The molecule has 0 saturated carbocycles. The van der Waals surface area contributed by atoms with Crippen molar-refractivity contribution in [2.24, 2.45) is 0 Å². The highest BCUT2D eigenvalue weighted by molar-refractivity contribution is 6.34. The molecule has 1 heterocycles. The van der Waals surface area contributed by atoms with Crippen LogP contribution < -0.4 is 5.32 Å². The predicted molar refractivity (Wildman–Crippen MR) is 139 cm³/mol. The fraction of sp³-hybridized carbons (Fsp3) is 0.179. The zero-order valence-corrected chi connectivity index (χ0v) is 21.3. The minimum Gasteiger partial charge on any atom is -0.494 e. The van der Waals surface area contributed by atoms with Gasteiger partial charge in [0.15, 0.2) is 5.88 Å². The number of aliphatic hydroxyl groups excluding tert-OH is 2. The van der Waals surface area contributed by atoms with E-state index in [1.807, 2.05) is 0 Å². The average molecular weight is 579 g/mol. The number of hydrogen-bond donors (Lipinski definition) is 5. The van der Waals surface area contributed by atoms with Gasteiger partial charge in [-0.25, -0.2) is 8.78 Å². The molecule has 5 N–H and O–H groups in total. The molecule has 0 aliphatic heterocycles. The first-order valence-electron chi connectivity index (χ1n) is 11.9. The lowest BCUT2D eigenvalue weighted by molar-refractivity contribution is -0.137. The van der Waals surface area contributed by atoms with Gasteiger partial charge in [0, 0.05) is 21.9 Å². The Morgan fingerprint density at radius 2 is 1.75 bits per heavy atom. The lowest BCUT2D eigenvalue weighted by Gasteiger charge is -2.35. The summed E-state index contributed by atoms with van der Waals surface area (Å²) in [5.41, 5.74) is -0.759. The second kappa shape index (κ2) is 9.92. The number of amides is 1. The van der Waals surface area contributed by atoms with Crippen molar-refractivity contribution in [1.82, 2.24) is 4.98 Å². The van der Waals surface area contributed by atoms with Crippen LogP contribution in [0.1, 0.15) is 34.8 Å². The zero-order chi connectivity index (χ0) is 29.1. The van der Waals surface area contributed by atoms with Crippen molar-refractivity contribution < 1.29 is 42.1 Å². The van der Waals surface area contributed by atoms with Crippen molar-refractivity contribution in [2.45, 2.75) is 31.7 Å². The summed E-state index contributed by atoms with van der Waals surface area (Å²) >= 11 is 6.29. The summed E-state index contributed by atoms with van der Waals surface area (Å²) < 4.78 is 68.0. The van der Waals surface area contributed by atoms with Gasteiger partial charge < -0.3 is 25.6 Å². The van der Waals surface area contributed by atoms with Gasteiger partial charge in [-0.15, -0.1) is 0 Å². The van der Waals surface area contributed by atoms with Crippen LogP contribution >= 0.6 is 11.6 Å². The maximum absolute atomic E-state index is 14.1. The quantitative estimate of drug-likeness (QED) is 0.171. The Morgan fingerprint density at radius 1 is 1.02 bits per heavy atom. The fourth-order valence-corrected chi connectivity index (χ4v) is 5.14. The average Bonchev–Trinajstić information content (AvgIpc) is 3.23. The van der Waals surface area contributed by atoms with Crippen molar-refractivity contribution in [1.29, 1.82) is 0 Å². The molecule has 2 unspecified atom stereocenters. The van der Waals surface area contributed by atoms with E-state index in [-0.39, 0.29) is 38.8 Å². The molecular weight excluding hydrogens is 559 g/mol. The van der Waals surface area contributed by atoms with Gasteiger partial charge in [-0.05, 0) is 71.7 Å². The van der Waals surface area contributed by atoms with Crippen LogP contribution in [-0.2, 0) is 6.18 Å². The zero-order valence-electron chi connectivity index (χ0n) is 20.5. The monoisotopic (exact) mass is 578 g/mol. The minimum absolute atomic E-state index is 0.0706. The second-order valence-corrected chi connectivity index (χ2v) is 9.69. The van der Waals surface area contributed by atoms with Gasteiger partial charge in [0.25, 0.3) is 5.91 Å². The molecule has 1 amide bonds. The molecular formula is C28H20ClF5N2O4. The summed E-state index contributed by atoms with van der Waals surface area (Å²) in [6.07, 6.45) is -6.93. The number of aliphatic hydroxyl groups is 2. The first-order chi connectivity index (χ1) is 18.8. The molecule has 1 aliphatic carbocycles. The van der Waals surface area contributed by atoms with Gasteiger partial charge >= 0.3 is 6.18 Å². The summed E-state index contributed by atoms with van der Waals surface area (Å²) in [5, 5.41) is 34.1. The summed E-state index contributed by atoms with van der Waals surface area (Å²) in [6.45, 7) is 1.76. The SMILES string of the molecule is CCC1=C(c2cc(NC(=O)c3cc(F)cc(C(F)(F)F)c3)c3c(-c4cc(F)ccc4Cl)[nH]c(O)c3c2)C(O)C1O. The molecule has 1 aromatic heterocycles. The van der Waals surface area contributed by atoms with Gasteiger partial charge in [0.2, 0.25) is 0 Å². The number of benzene rings is 3. The van der Waals surface area contributed by atoms with E-state index in [0.29, 0.717) is 35.3 Å². The van der Waals surface area contributed by atoms with E-state index >= 15 is 0 Å². The largest absolute Gasteiger partial charge is 0.494 e. The third-order valence-corrected chi connectivity index (χ3v) is 7.14. The normalized spacial score (nSPS) is 17.3. The molecule has 0 radical (unpaired) electrons. The first-order valence-corrected chi connectivity index (χ1v) is 12.3. The number of carbonyl (C=O) groups is 1. The molecule has 1 aliphatic rings. The molecule has 2 atom stereocenters. The van der Waals surface area contributed by atoms with E-state index in [9.17, 15) is 42.1 Å². The van der Waals surface area contributed by atoms with E-state index < -0.39 is 52.9 Å². The van der Waals surface area contributed by atoms with Gasteiger partial charge in [-0.3, -0.25) is 4.79 Å². The Labute approximate surface area is 228 Å². The Bertz CT molecular complexity index is 1710. The molecule has 40 heavy (non-hydrogen) atoms. The highest BCUT2D eigenvalue weighted by Gasteiger charge is 2.38. The molecule has 12 heteroatoms. The number of fused-ring (bicyclic) bond motifs is 1. The maximum Gasteiger partial charge on any atom is 0.416 e. The Kier molecular flexibility index (Phi) is 6.85. The molecule has 0 spiro atoms. The van der Waals surface area contributed by atoms with E-state index in [4.69, 9.17) is 11.6 Å². The predicted octanol–water partition coefficient (Wildman–Crippen LogP) is 6.64. The lowest BCUT2D eigenvalue weighted by atomic mass is 9.76. The number of carbonyl (C=O) groups excluding carboxylic acids is 1. The van der Waals surface area contributed by atoms with E-state index in [0.717, 1.165) is 12.1 Å². The third-order valence-electron chi connectivity index (χ3n) is 6.81. The molecule has 0 fully saturated rings. The van der Waals surface area contributed by atoms with Crippen molar-refractivity contribution in [3.63, 3.8) is 0 Å². The first kappa shape index (κ1) is 27.6. The number of halogens is 6. The number of rotatable bonds is 5. The van der Waals surface area contributed by atoms with Crippen LogP contribution in [0.5, 0.6) is 5.88 Å². The van der Waals surface area contributed by atoms with E-state index in [2.05, 4.69) is 10.3 Å². The summed E-state index contributed by atoms with van der Waals surface area (Å²) in [4.78, 5) is 15.9. The van der Waals surface area contributed by atoms with Gasteiger partial charge in [-0.1, -0.05) is 18.5 Å². The van der Waals surface area contributed by atoms with Crippen LogP contribution in [-0.4, -0.2) is 38.4 Å². The molecule has 5 rings (SSSR count). The van der Waals surface area contributed by atoms with Crippen LogP contribution in [0.15, 0.2) is 54.1 Å². The number of aromatic nitrogens is 1. The van der Waals surface area contributed by atoms with Crippen LogP contribution in [0, 0.1) is 11.6 Å². The molecule has 0 bridgehead atoms. The number of alkyl halides is 3. The Balaban J connectivity index is 1.73. The van der Waals surface area contributed by atoms with Crippen molar-refractivity contribution in [2.75, 3.05) is 5.32 Å². The smallest absolute Gasteiger partial charge is 0.416 e. The molecule has 208 valence electrons. The van der Waals surface area contributed by atoms with Crippen LogP contribution in [0.4, 0.5) is 27.6 Å². The van der Waals surface area contributed by atoms with Gasteiger partial charge in [0.05, 0.1) is 22.0 Å². The standard InChI is InChI=1S/C28H20ClF5N2O4/c1-2-16-21(25(38)24(16)37)11-7-18-22(23(36-27(18)40)17-10-14(30)3-4-19(17)29)20(8-11)35-26(39)12-5-13(28(32,33)34)9-15(31)6-12/h3-10,24-25,36-38,40H,2H2,1H3,(H,35,39). The number of aromatic hydroxyl groups is 1. The second-order valence-electron chi connectivity index (χ2n) is 9.28. The lowest BCUT2D eigenvalue weighted by Crippen LogP contribution is -2.39. The van der Waals surface area contributed by atoms with Crippen LogP contribution in [0.2, 0.25) is 5.02 Å². The highest BCUT2D eigenvalue weighted by Crippen LogP contribution is 2.46. The highest BCUT2D eigenvalue weighted by atomic mass is 35.5. The number of hydrogen-bond acceptors (Lipinski definition) is 4. The van der Waals surface area contributed by atoms with Crippen LogP contribution in [0.25, 0.3) is 27.6 Å². The van der Waals surface area contributed by atoms with Crippen molar-refractivity contribution >= 4 is 39.5 Å². The van der Waals surface area contributed by atoms with E-state index in [1.165, 1.54) is 18.2 Å². The van der Waals surface area contributed by atoms with Crippen molar-refractivity contribution in [3.8, 4) is 17.1 Å². The third kappa shape index (κ3) is 4.70. The number of nitrogens with one attached hydrogen (secondary N) is 2. The topological polar surface area (TPSA) is 106 Å². The summed E-state index contributed by atoms with van der Waals surface area (Å²) in [6, 6.07) is 7.70. The molecule has 4 aromatic rings. The van der Waals surface area contributed by atoms with E-state index in [1.54, 1.807) is 6.92 Å². The van der Waals surface area contributed by atoms with Crippen LogP contribution in [0.3, 0.4) is 0 Å². The molecule has 6 nitrogen and oxygen atoms in total. The molecule has 3 aromatic carbocycles. The molecule has 0 saturated heterocycles. The van der Waals surface area contributed by atoms with Crippen molar-refractivity contribution in [3.05, 3.63) is 87.5 Å². The number of anilines is 1. The minimum atomic E-state index is -4.91.